The second-order valence-corrected chi connectivity index (χ2v) is 8.99. The first-order chi connectivity index (χ1) is 13.3. The largest absolute Gasteiger partial charge is 0.324 e. The van der Waals surface area contributed by atoms with Crippen molar-refractivity contribution in [3.8, 4) is 0 Å². The number of carbonyl (C=O) groups excluding carboxylic acids is 1. The number of benzene rings is 1. The van der Waals surface area contributed by atoms with E-state index in [0.717, 1.165) is 16.6 Å². The summed E-state index contributed by atoms with van der Waals surface area (Å²) in [6.45, 7) is 6.44. The van der Waals surface area contributed by atoms with Crippen LogP contribution in [0.25, 0.3) is 10.9 Å². The minimum absolute atomic E-state index is 0.105. The average molecular weight is 395 g/mol. The minimum atomic E-state index is -0.309. The fraction of sp³-hybridized carbons (Fsp3) is 0.333. The molecule has 1 aliphatic heterocycles. The maximum Gasteiger partial charge on any atom is 0.254 e. The van der Waals surface area contributed by atoms with Crippen molar-refractivity contribution >= 4 is 34.3 Å². The summed E-state index contributed by atoms with van der Waals surface area (Å²) in [4.78, 5) is 34.5. The Morgan fingerprint density at radius 1 is 1.25 bits per heavy atom. The summed E-state index contributed by atoms with van der Waals surface area (Å²) in [5.41, 5.74) is 1.93. The lowest BCUT2D eigenvalue weighted by Crippen LogP contribution is -2.37. The number of rotatable bonds is 2. The number of para-hydroxylation sites is 1. The Morgan fingerprint density at radius 2 is 2.04 bits per heavy atom. The zero-order valence-corrected chi connectivity index (χ0v) is 16.9. The molecular weight excluding hydrogens is 372 g/mol. The highest BCUT2D eigenvalue weighted by molar-refractivity contribution is 7.99. The third-order valence-electron chi connectivity index (χ3n) is 4.82. The molecule has 1 atom stereocenters. The normalized spacial score (nSPS) is 16.6. The van der Waals surface area contributed by atoms with Gasteiger partial charge in [0.1, 0.15) is 0 Å². The van der Waals surface area contributed by atoms with Crippen LogP contribution in [0.1, 0.15) is 26.5 Å². The molecule has 1 N–H and O–H groups in total. The number of thioether (sulfide) groups is 1. The van der Waals surface area contributed by atoms with Gasteiger partial charge in [0, 0.05) is 35.4 Å². The van der Waals surface area contributed by atoms with E-state index in [1.807, 2.05) is 51.1 Å². The van der Waals surface area contributed by atoms with Crippen LogP contribution in [0.3, 0.4) is 0 Å². The van der Waals surface area contributed by atoms with Crippen LogP contribution < -0.4 is 10.9 Å². The fourth-order valence-electron chi connectivity index (χ4n) is 3.19. The predicted octanol–water partition coefficient (Wildman–Crippen LogP) is 3.45. The standard InChI is InChI=1S/C21H22N4O2S/c1-21(2,3)16-10-17(26)25-11-14(12-28-20(25)24-16)19(27)23-15-8-4-6-13-7-5-9-22-18(13)15/h4-10,14H,11-12H2,1-3H3,(H,23,27). The van der Waals surface area contributed by atoms with E-state index in [0.29, 0.717) is 23.1 Å². The molecule has 0 radical (unpaired) electrons. The third-order valence-corrected chi connectivity index (χ3v) is 5.96. The Hall–Kier alpha value is -2.67. The molecule has 0 bridgehead atoms. The number of fused-ring (bicyclic) bond motifs is 2. The SMILES string of the molecule is CC(C)(C)c1cc(=O)n2c(n1)SCC(C(=O)Nc1cccc3cccnc13)C2. The molecule has 0 spiro atoms. The topological polar surface area (TPSA) is 76.9 Å². The molecule has 1 aliphatic rings. The van der Waals surface area contributed by atoms with E-state index in [4.69, 9.17) is 0 Å². The monoisotopic (exact) mass is 394 g/mol. The zero-order chi connectivity index (χ0) is 19.9. The molecule has 3 heterocycles. The summed E-state index contributed by atoms with van der Waals surface area (Å²) >= 11 is 1.46. The first-order valence-electron chi connectivity index (χ1n) is 9.23. The van der Waals surface area contributed by atoms with Crippen molar-refractivity contribution in [2.75, 3.05) is 11.1 Å². The Morgan fingerprint density at radius 3 is 2.82 bits per heavy atom. The van der Waals surface area contributed by atoms with Gasteiger partial charge in [0.2, 0.25) is 5.91 Å². The van der Waals surface area contributed by atoms with E-state index in [9.17, 15) is 9.59 Å². The van der Waals surface area contributed by atoms with Gasteiger partial charge in [-0.15, -0.1) is 0 Å². The second-order valence-electron chi connectivity index (χ2n) is 8.00. The van der Waals surface area contributed by atoms with Gasteiger partial charge in [-0.3, -0.25) is 19.1 Å². The predicted molar refractivity (Wildman–Crippen MR) is 112 cm³/mol. The quantitative estimate of drug-likeness (QED) is 0.674. The molecule has 28 heavy (non-hydrogen) atoms. The van der Waals surface area contributed by atoms with Gasteiger partial charge in [-0.25, -0.2) is 4.98 Å². The number of amides is 1. The van der Waals surface area contributed by atoms with Crippen molar-refractivity contribution in [2.24, 2.45) is 5.92 Å². The number of pyridine rings is 1. The summed E-state index contributed by atoms with van der Waals surface area (Å²) in [7, 11) is 0. The number of nitrogens with one attached hydrogen (secondary N) is 1. The molecule has 0 fully saturated rings. The van der Waals surface area contributed by atoms with Crippen molar-refractivity contribution < 1.29 is 4.79 Å². The number of anilines is 1. The smallest absolute Gasteiger partial charge is 0.254 e. The van der Waals surface area contributed by atoms with Crippen molar-refractivity contribution in [2.45, 2.75) is 37.9 Å². The van der Waals surface area contributed by atoms with E-state index < -0.39 is 0 Å². The molecule has 4 rings (SSSR count). The first-order valence-corrected chi connectivity index (χ1v) is 10.2. The maximum absolute atomic E-state index is 12.9. The van der Waals surface area contributed by atoms with Gasteiger partial charge in [-0.2, -0.15) is 0 Å². The van der Waals surface area contributed by atoms with Gasteiger partial charge in [0.25, 0.3) is 5.56 Å². The van der Waals surface area contributed by atoms with E-state index in [2.05, 4.69) is 15.3 Å². The fourth-order valence-corrected chi connectivity index (χ4v) is 4.28. The third kappa shape index (κ3) is 3.54. The zero-order valence-electron chi connectivity index (χ0n) is 16.1. The maximum atomic E-state index is 12.9. The van der Waals surface area contributed by atoms with Crippen LogP contribution in [-0.2, 0) is 16.8 Å². The van der Waals surface area contributed by atoms with E-state index in [1.165, 1.54) is 11.8 Å². The van der Waals surface area contributed by atoms with E-state index >= 15 is 0 Å². The molecule has 1 unspecified atom stereocenters. The Labute approximate surface area is 167 Å². The van der Waals surface area contributed by atoms with E-state index in [1.54, 1.807) is 16.8 Å². The van der Waals surface area contributed by atoms with Gasteiger partial charge in [-0.1, -0.05) is 50.7 Å². The summed E-state index contributed by atoms with van der Waals surface area (Å²) in [5, 5.41) is 4.65. The molecule has 6 nitrogen and oxygen atoms in total. The lowest BCUT2D eigenvalue weighted by Gasteiger charge is -2.26. The van der Waals surface area contributed by atoms with Gasteiger partial charge in [-0.05, 0) is 12.1 Å². The van der Waals surface area contributed by atoms with Crippen molar-refractivity contribution in [1.29, 1.82) is 0 Å². The lowest BCUT2D eigenvalue weighted by atomic mass is 9.92. The number of aromatic nitrogens is 3. The molecule has 3 aromatic rings. The molecule has 0 saturated carbocycles. The lowest BCUT2D eigenvalue weighted by molar-refractivity contribution is -0.119. The molecule has 7 heteroatoms. The highest BCUT2D eigenvalue weighted by atomic mass is 32.2. The van der Waals surface area contributed by atoms with Gasteiger partial charge in [0.15, 0.2) is 5.16 Å². The average Bonchev–Trinajstić information content (AvgIpc) is 2.67. The minimum Gasteiger partial charge on any atom is -0.324 e. The Kier molecular flexibility index (Phi) is 4.71. The summed E-state index contributed by atoms with van der Waals surface area (Å²) in [6, 6.07) is 11.1. The van der Waals surface area contributed by atoms with Crippen LogP contribution in [0, 0.1) is 5.92 Å². The van der Waals surface area contributed by atoms with Crippen molar-refractivity contribution in [1.82, 2.24) is 14.5 Å². The highest BCUT2D eigenvalue weighted by Gasteiger charge is 2.29. The van der Waals surface area contributed by atoms with Crippen molar-refractivity contribution in [3.05, 3.63) is 58.6 Å². The van der Waals surface area contributed by atoms with Crippen LogP contribution in [0.15, 0.2) is 52.5 Å². The Bertz CT molecular complexity index is 1110. The van der Waals surface area contributed by atoms with Crippen LogP contribution in [0.2, 0.25) is 0 Å². The number of nitrogens with zero attached hydrogens (tertiary/aromatic N) is 3. The van der Waals surface area contributed by atoms with Gasteiger partial charge < -0.3 is 5.32 Å². The molecule has 1 amide bonds. The molecule has 0 aliphatic carbocycles. The van der Waals surface area contributed by atoms with Gasteiger partial charge in [0.05, 0.1) is 22.8 Å². The molecular formula is C21H22N4O2S. The van der Waals surface area contributed by atoms with Crippen LogP contribution in [0.5, 0.6) is 0 Å². The summed E-state index contributed by atoms with van der Waals surface area (Å²) in [5.74, 6) is 0.170. The van der Waals surface area contributed by atoms with Gasteiger partial charge >= 0.3 is 0 Å². The van der Waals surface area contributed by atoms with Crippen molar-refractivity contribution in [3.63, 3.8) is 0 Å². The van der Waals surface area contributed by atoms with Crippen LogP contribution >= 0.6 is 11.8 Å². The van der Waals surface area contributed by atoms with Crippen LogP contribution in [-0.4, -0.2) is 26.2 Å². The Balaban J connectivity index is 1.57. The number of carbonyl (C=O) groups is 1. The molecule has 0 saturated heterocycles. The number of hydrogen-bond acceptors (Lipinski definition) is 5. The number of hydrogen-bond donors (Lipinski definition) is 1. The second kappa shape index (κ2) is 7.05. The summed E-state index contributed by atoms with van der Waals surface area (Å²) < 4.78 is 1.61. The highest BCUT2D eigenvalue weighted by Crippen LogP contribution is 2.29. The first kappa shape index (κ1) is 18.7. The molecule has 2 aromatic heterocycles. The summed E-state index contributed by atoms with van der Waals surface area (Å²) in [6.07, 6.45) is 1.71. The van der Waals surface area contributed by atoms with E-state index in [-0.39, 0.29) is 22.8 Å². The van der Waals surface area contributed by atoms with Crippen LogP contribution in [0.4, 0.5) is 5.69 Å². The molecule has 144 valence electrons. The molecule has 1 aromatic carbocycles.